The second-order valence-electron chi connectivity index (χ2n) is 7.46. The molecule has 5 nitrogen and oxygen atoms in total. The van der Waals surface area contributed by atoms with Gasteiger partial charge in [-0.15, -0.1) is 0 Å². The maximum absolute atomic E-state index is 12.4. The van der Waals surface area contributed by atoms with Gasteiger partial charge in [0.25, 0.3) is 5.91 Å². The Bertz CT molecular complexity index is 713. The second-order valence-corrected chi connectivity index (χ2v) is 15.6. The zero-order valence-electron chi connectivity index (χ0n) is 14.4. The van der Waals surface area contributed by atoms with Gasteiger partial charge in [-0.25, -0.2) is 13.1 Å². The molecular weight excluding hydrogens is 408 g/mol. The normalized spacial score (nSPS) is 15.3. The van der Waals surface area contributed by atoms with Crippen molar-refractivity contribution in [3.8, 4) is 0 Å². The molecule has 0 radical (unpaired) electrons. The van der Waals surface area contributed by atoms with Gasteiger partial charge in [-0.1, -0.05) is 25.7 Å². The first kappa shape index (κ1) is 19.6. The first-order valence-corrected chi connectivity index (χ1v) is 14.2. The molecule has 1 aliphatic carbocycles. The summed E-state index contributed by atoms with van der Waals surface area (Å²) in [6.45, 7) is 7.50. The van der Waals surface area contributed by atoms with Gasteiger partial charge in [0, 0.05) is 25.1 Å². The quantitative estimate of drug-likeness (QED) is 0.488. The minimum Gasteiger partial charge on any atom is -0.352 e. The van der Waals surface area contributed by atoms with Crippen molar-refractivity contribution in [1.29, 1.82) is 0 Å². The molecule has 1 fully saturated rings. The molecule has 8 heteroatoms. The van der Waals surface area contributed by atoms with Crippen LogP contribution in [0.2, 0.25) is 25.7 Å². The van der Waals surface area contributed by atoms with Crippen LogP contribution in [0.1, 0.15) is 29.6 Å². The summed E-state index contributed by atoms with van der Waals surface area (Å²) in [6.07, 6.45) is 2.70. The third kappa shape index (κ3) is 5.98. The number of sulfonamides is 1. The number of benzene rings is 1. The van der Waals surface area contributed by atoms with Crippen molar-refractivity contribution < 1.29 is 13.2 Å². The lowest BCUT2D eigenvalue weighted by atomic mass is 10.2. The zero-order valence-corrected chi connectivity index (χ0v) is 17.8. The Labute approximate surface area is 153 Å². The molecule has 2 rings (SSSR count). The molecule has 0 bridgehead atoms. The van der Waals surface area contributed by atoms with E-state index in [-0.39, 0.29) is 16.8 Å². The zero-order chi connectivity index (χ0) is 18.0. The summed E-state index contributed by atoms with van der Waals surface area (Å²) >= 11 is 3.33. The van der Waals surface area contributed by atoms with Gasteiger partial charge in [0.15, 0.2) is 0 Å². The fourth-order valence-electron chi connectivity index (χ4n) is 2.25. The molecule has 2 N–H and O–H groups in total. The Morgan fingerprint density at radius 1 is 1.29 bits per heavy atom. The SMILES string of the molecule is C[Si](C)(C)CCCNC(=O)c1cc(S(=O)(=O)NC2CC2)ccc1Br. The third-order valence-electron chi connectivity index (χ3n) is 3.78. The molecule has 1 aromatic carbocycles. The van der Waals surface area contributed by atoms with Gasteiger partial charge >= 0.3 is 0 Å². The van der Waals surface area contributed by atoms with Crippen LogP contribution in [-0.2, 0) is 10.0 Å². The molecule has 0 spiro atoms. The molecule has 0 unspecified atom stereocenters. The van der Waals surface area contributed by atoms with Crippen LogP contribution >= 0.6 is 15.9 Å². The van der Waals surface area contributed by atoms with E-state index in [9.17, 15) is 13.2 Å². The molecule has 0 atom stereocenters. The van der Waals surface area contributed by atoms with Crippen molar-refractivity contribution in [1.82, 2.24) is 10.0 Å². The van der Waals surface area contributed by atoms with Gasteiger partial charge in [-0.2, -0.15) is 0 Å². The molecule has 134 valence electrons. The lowest BCUT2D eigenvalue weighted by Crippen LogP contribution is -2.28. The molecule has 0 saturated heterocycles. The number of rotatable bonds is 8. The van der Waals surface area contributed by atoms with E-state index < -0.39 is 18.1 Å². The Balaban J connectivity index is 2.03. The Morgan fingerprint density at radius 2 is 1.96 bits per heavy atom. The number of hydrogen-bond donors (Lipinski definition) is 2. The predicted octanol–water partition coefficient (Wildman–Crippen LogP) is 3.35. The van der Waals surface area contributed by atoms with Crippen LogP contribution in [0.25, 0.3) is 0 Å². The maximum atomic E-state index is 12.4. The topological polar surface area (TPSA) is 75.3 Å². The second kappa shape index (κ2) is 7.68. The van der Waals surface area contributed by atoms with E-state index in [2.05, 4.69) is 45.6 Å². The van der Waals surface area contributed by atoms with E-state index in [1.807, 2.05) is 0 Å². The molecular formula is C16H25BrN2O3SSi. The average molecular weight is 433 g/mol. The van der Waals surface area contributed by atoms with Crippen molar-refractivity contribution in [2.75, 3.05) is 6.54 Å². The summed E-state index contributed by atoms with van der Waals surface area (Å²) in [4.78, 5) is 12.5. The van der Waals surface area contributed by atoms with E-state index in [4.69, 9.17) is 0 Å². The standard InChI is InChI=1S/C16H25BrN2O3SSi/c1-24(2,3)10-4-9-18-16(20)14-11-13(7-8-15(14)17)23(21,22)19-12-5-6-12/h7-8,11-12,19H,4-6,9-10H2,1-3H3,(H,18,20). The number of carbonyl (C=O) groups is 1. The van der Waals surface area contributed by atoms with E-state index >= 15 is 0 Å². The number of hydrogen-bond acceptors (Lipinski definition) is 3. The van der Waals surface area contributed by atoms with Gasteiger partial charge < -0.3 is 5.32 Å². The van der Waals surface area contributed by atoms with Gasteiger partial charge in [-0.05, 0) is 53.4 Å². The molecule has 1 aromatic rings. The number of halogens is 1. The highest BCUT2D eigenvalue weighted by atomic mass is 79.9. The van der Waals surface area contributed by atoms with Crippen molar-refractivity contribution in [2.45, 2.75) is 55.9 Å². The summed E-state index contributed by atoms with van der Waals surface area (Å²) < 4.78 is 27.8. The molecule has 0 heterocycles. The first-order chi connectivity index (χ1) is 11.1. The molecule has 1 aliphatic rings. The highest BCUT2D eigenvalue weighted by Crippen LogP contribution is 2.25. The summed E-state index contributed by atoms with van der Waals surface area (Å²) in [5.74, 6) is -0.249. The summed E-state index contributed by atoms with van der Waals surface area (Å²) in [6, 6.07) is 5.74. The van der Waals surface area contributed by atoms with E-state index in [1.54, 1.807) is 6.07 Å². The van der Waals surface area contributed by atoms with Crippen LogP contribution in [0.3, 0.4) is 0 Å². The van der Waals surface area contributed by atoms with Gasteiger partial charge in [0.1, 0.15) is 0 Å². The highest BCUT2D eigenvalue weighted by molar-refractivity contribution is 9.10. The Hall–Kier alpha value is -0.703. The van der Waals surface area contributed by atoms with Gasteiger partial charge in [-0.3, -0.25) is 4.79 Å². The lowest BCUT2D eigenvalue weighted by Gasteiger charge is -2.15. The highest BCUT2D eigenvalue weighted by Gasteiger charge is 2.28. The van der Waals surface area contributed by atoms with Crippen LogP contribution in [-0.4, -0.2) is 35.0 Å². The van der Waals surface area contributed by atoms with E-state index in [0.29, 0.717) is 16.6 Å². The van der Waals surface area contributed by atoms with Gasteiger partial charge in [0.05, 0.1) is 10.5 Å². The van der Waals surface area contributed by atoms with Crippen molar-refractivity contribution in [3.05, 3.63) is 28.2 Å². The van der Waals surface area contributed by atoms with Crippen molar-refractivity contribution in [2.24, 2.45) is 0 Å². The number of nitrogens with one attached hydrogen (secondary N) is 2. The lowest BCUT2D eigenvalue weighted by molar-refractivity contribution is 0.0952. The van der Waals surface area contributed by atoms with E-state index in [0.717, 1.165) is 25.3 Å². The van der Waals surface area contributed by atoms with Crippen LogP contribution in [0.5, 0.6) is 0 Å². The summed E-state index contributed by atoms with van der Waals surface area (Å²) in [5.41, 5.74) is 0.349. The number of carbonyl (C=O) groups excluding carboxylic acids is 1. The van der Waals surface area contributed by atoms with Crippen LogP contribution < -0.4 is 10.0 Å². The predicted molar refractivity (Wildman–Crippen MR) is 103 cm³/mol. The van der Waals surface area contributed by atoms with Crippen molar-refractivity contribution in [3.63, 3.8) is 0 Å². The van der Waals surface area contributed by atoms with Crippen molar-refractivity contribution >= 4 is 39.9 Å². The Kier molecular flexibility index (Phi) is 6.27. The first-order valence-electron chi connectivity index (χ1n) is 8.19. The largest absolute Gasteiger partial charge is 0.352 e. The molecule has 0 aromatic heterocycles. The summed E-state index contributed by atoms with van der Waals surface area (Å²) in [5, 5.41) is 2.88. The smallest absolute Gasteiger partial charge is 0.252 e. The number of amides is 1. The molecule has 1 saturated carbocycles. The van der Waals surface area contributed by atoms with Crippen LogP contribution in [0, 0.1) is 0 Å². The fraction of sp³-hybridized carbons (Fsp3) is 0.562. The monoisotopic (exact) mass is 432 g/mol. The fourth-order valence-corrected chi connectivity index (χ4v) is 5.24. The third-order valence-corrected chi connectivity index (χ3v) is 7.84. The minimum absolute atomic E-state index is 0.0393. The summed E-state index contributed by atoms with van der Waals surface area (Å²) in [7, 11) is -4.67. The Morgan fingerprint density at radius 3 is 2.54 bits per heavy atom. The van der Waals surface area contributed by atoms with Crippen LogP contribution in [0.15, 0.2) is 27.6 Å². The van der Waals surface area contributed by atoms with Gasteiger partial charge in [0.2, 0.25) is 10.0 Å². The maximum Gasteiger partial charge on any atom is 0.252 e. The molecule has 0 aliphatic heterocycles. The van der Waals surface area contributed by atoms with E-state index in [1.165, 1.54) is 12.1 Å². The molecule has 24 heavy (non-hydrogen) atoms. The average Bonchev–Trinajstić information content (AvgIpc) is 3.25. The van der Waals surface area contributed by atoms with Crippen LogP contribution in [0.4, 0.5) is 0 Å². The minimum atomic E-state index is -3.56. The molecule has 1 amide bonds.